The van der Waals surface area contributed by atoms with E-state index in [2.05, 4.69) is 0 Å². The maximum Gasteiger partial charge on any atom is 0.138 e. The van der Waals surface area contributed by atoms with Crippen molar-refractivity contribution in [3.63, 3.8) is 0 Å². The first-order valence-electron chi connectivity index (χ1n) is 6.82. The van der Waals surface area contributed by atoms with Crippen LogP contribution in [0.2, 0.25) is 0 Å². The smallest absolute Gasteiger partial charge is 0.138 e. The van der Waals surface area contributed by atoms with Gasteiger partial charge in [0, 0.05) is 23.5 Å². The van der Waals surface area contributed by atoms with Crippen molar-refractivity contribution in [1.29, 1.82) is 0 Å². The molecule has 0 fully saturated rings. The highest BCUT2D eigenvalue weighted by molar-refractivity contribution is 5.83. The Morgan fingerprint density at radius 3 is 2.55 bits per heavy atom. The van der Waals surface area contributed by atoms with Crippen molar-refractivity contribution < 1.29 is 19.4 Å². The van der Waals surface area contributed by atoms with Crippen molar-refractivity contribution >= 4 is 5.78 Å². The molecular formula is C16H24O4. The lowest BCUT2D eigenvalue weighted by atomic mass is 9.88. The first-order valence-corrected chi connectivity index (χ1v) is 6.82. The van der Waals surface area contributed by atoms with Crippen molar-refractivity contribution in [3.05, 3.63) is 23.8 Å². The zero-order valence-corrected chi connectivity index (χ0v) is 12.7. The van der Waals surface area contributed by atoms with Crippen LogP contribution in [-0.2, 0) is 11.4 Å². The average molecular weight is 280 g/mol. The van der Waals surface area contributed by atoms with E-state index in [9.17, 15) is 4.79 Å². The van der Waals surface area contributed by atoms with Gasteiger partial charge in [-0.3, -0.25) is 4.79 Å². The summed E-state index contributed by atoms with van der Waals surface area (Å²) in [6, 6.07) is 5.31. The highest BCUT2D eigenvalue weighted by Crippen LogP contribution is 2.25. The van der Waals surface area contributed by atoms with E-state index in [0.717, 1.165) is 5.56 Å². The third-order valence-electron chi connectivity index (χ3n) is 3.08. The standard InChI is InChI=1S/C16H24O4/c1-16(2,3)15(18)6-5-9-20-13-8-7-12(11-17)14(10-13)19-4/h7-8,10,17H,5-6,9,11H2,1-4H3. The Kier molecular flexibility index (Phi) is 6.02. The number of Topliss-reactive ketones (excluding diaryl/α,β-unsaturated/α-hetero) is 1. The molecule has 0 aliphatic carbocycles. The summed E-state index contributed by atoms with van der Waals surface area (Å²) in [6.07, 6.45) is 1.22. The highest BCUT2D eigenvalue weighted by Gasteiger charge is 2.20. The molecule has 0 bridgehead atoms. The van der Waals surface area contributed by atoms with Crippen LogP contribution >= 0.6 is 0 Å². The summed E-state index contributed by atoms with van der Waals surface area (Å²) in [5.41, 5.74) is 0.439. The van der Waals surface area contributed by atoms with Gasteiger partial charge in [0.25, 0.3) is 0 Å². The molecule has 1 aromatic carbocycles. The Balaban J connectivity index is 2.45. The van der Waals surface area contributed by atoms with E-state index < -0.39 is 0 Å². The van der Waals surface area contributed by atoms with Gasteiger partial charge in [0.05, 0.1) is 20.3 Å². The molecule has 0 spiro atoms. The molecule has 0 aliphatic heterocycles. The SMILES string of the molecule is COc1cc(OCCCC(=O)C(C)(C)C)ccc1CO. The molecule has 1 N–H and O–H groups in total. The zero-order chi connectivity index (χ0) is 15.2. The maximum absolute atomic E-state index is 11.8. The second-order valence-corrected chi connectivity index (χ2v) is 5.76. The summed E-state index contributed by atoms with van der Waals surface area (Å²) < 4.78 is 10.8. The van der Waals surface area contributed by atoms with Crippen LogP contribution in [0.1, 0.15) is 39.2 Å². The maximum atomic E-state index is 11.8. The minimum Gasteiger partial charge on any atom is -0.496 e. The van der Waals surface area contributed by atoms with Gasteiger partial charge in [-0.1, -0.05) is 20.8 Å². The molecule has 20 heavy (non-hydrogen) atoms. The summed E-state index contributed by atoms with van der Waals surface area (Å²) in [5.74, 6) is 1.53. The third kappa shape index (κ3) is 4.85. The predicted molar refractivity (Wildman–Crippen MR) is 78.1 cm³/mol. The molecule has 0 saturated heterocycles. The fourth-order valence-electron chi connectivity index (χ4n) is 1.74. The average Bonchev–Trinajstić information content (AvgIpc) is 2.41. The first kappa shape index (κ1) is 16.5. The number of carbonyl (C=O) groups excluding carboxylic acids is 1. The van der Waals surface area contributed by atoms with Crippen molar-refractivity contribution in [1.82, 2.24) is 0 Å². The van der Waals surface area contributed by atoms with Gasteiger partial charge in [0.2, 0.25) is 0 Å². The lowest BCUT2D eigenvalue weighted by Crippen LogP contribution is -2.20. The number of aliphatic hydroxyl groups excluding tert-OH is 1. The molecular weight excluding hydrogens is 256 g/mol. The number of hydrogen-bond acceptors (Lipinski definition) is 4. The number of ether oxygens (including phenoxy) is 2. The Labute approximate surface area is 120 Å². The van der Waals surface area contributed by atoms with Gasteiger partial charge in [-0.15, -0.1) is 0 Å². The first-order chi connectivity index (χ1) is 9.38. The Morgan fingerprint density at radius 1 is 1.30 bits per heavy atom. The van der Waals surface area contributed by atoms with Crippen molar-refractivity contribution in [3.8, 4) is 11.5 Å². The molecule has 112 valence electrons. The molecule has 0 saturated carbocycles. The summed E-state index contributed by atoms with van der Waals surface area (Å²) in [4.78, 5) is 11.8. The van der Waals surface area contributed by atoms with E-state index >= 15 is 0 Å². The topological polar surface area (TPSA) is 55.8 Å². The second kappa shape index (κ2) is 7.29. The van der Waals surface area contributed by atoms with E-state index in [-0.39, 0.29) is 17.8 Å². The summed E-state index contributed by atoms with van der Waals surface area (Å²) in [5, 5.41) is 9.13. The third-order valence-corrected chi connectivity index (χ3v) is 3.08. The molecule has 4 nitrogen and oxygen atoms in total. The quantitative estimate of drug-likeness (QED) is 0.780. The molecule has 0 amide bonds. The van der Waals surface area contributed by atoms with Crippen LogP contribution in [-0.4, -0.2) is 24.6 Å². The Hall–Kier alpha value is -1.55. The summed E-state index contributed by atoms with van der Waals surface area (Å²) in [7, 11) is 1.56. The number of hydrogen-bond donors (Lipinski definition) is 1. The van der Waals surface area contributed by atoms with Crippen LogP contribution in [0.15, 0.2) is 18.2 Å². The van der Waals surface area contributed by atoms with Gasteiger partial charge in [-0.05, 0) is 18.6 Å². The Morgan fingerprint density at radius 2 is 2.00 bits per heavy atom. The van der Waals surface area contributed by atoms with Crippen LogP contribution in [0, 0.1) is 5.41 Å². The lowest BCUT2D eigenvalue weighted by Gasteiger charge is -2.16. The molecule has 1 rings (SSSR count). The normalized spacial score (nSPS) is 11.2. The number of aliphatic hydroxyl groups is 1. The van der Waals surface area contributed by atoms with Crippen molar-refractivity contribution in [2.75, 3.05) is 13.7 Å². The molecule has 0 unspecified atom stereocenters. The van der Waals surface area contributed by atoms with Crippen LogP contribution in [0.5, 0.6) is 11.5 Å². The van der Waals surface area contributed by atoms with E-state index in [4.69, 9.17) is 14.6 Å². The van der Waals surface area contributed by atoms with Crippen LogP contribution in [0.4, 0.5) is 0 Å². The number of ketones is 1. The minimum atomic E-state index is -0.286. The fraction of sp³-hybridized carbons (Fsp3) is 0.562. The number of carbonyl (C=O) groups is 1. The number of benzene rings is 1. The molecule has 0 aliphatic rings. The lowest BCUT2D eigenvalue weighted by molar-refractivity contribution is -0.126. The van der Waals surface area contributed by atoms with E-state index in [1.807, 2.05) is 20.8 Å². The van der Waals surface area contributed by atoms with Gasteiger partial charge in [0.1, 0.15) is 17.3 Å². The van der Waals surface area contributed by atoms with Crippen LogP contribution in [0.25, 0.3) is 0 Å². The van der Waals surface area contributed by atoms with Crippen molar-refractivity contribution in [2.24, 2.45) is 5.41 Å². The summed E-state index contributed by atoms with van der Waals surface area (Å²) in [6.45, 7) is 6.20. The molecule has 0 atom stereocenters. The molecule has 0 aromatic heterocycles. The Bertz CT molecular complexity index is 446. The van der Waals surface area contributed by atoms with Crippen LogP contribution in [0.3, 0.4) is 0 Å². The molecule has 0 heterocycles. The fourth-order valence-corrected chi connectivity index (χ4v) is 1.74. The van der Waals surface area contributed by atoms with Gasteiger partial charge in [0.15, 0.2) is 0 Å². The van der Waals surface area contributed by atoms with Gasteiger partial charge in [-0.25, -0.2) is 0 Å². The second-order valence-electron chi connectivity index (χ2n) is 5.76. The van der Waals surface area contributed by atoms with Gasteiger partial charge in [-0.2, -0.15) is 0 Å². The van der Waals surface area contributed by atoms with E-state index in [1.54, 1.807) is 25.3 Å². The number of rotatable bonds is 7. The highest BCUT2D eigenvalue weighted by atomic mass is 16.5. The van der Waals surface area contributed by atoms with Gasteiger partial charge < -0.3 is 14.6 Å². The summed E-state index contributed by atoms with van der Waals surface area (Å²) >= 11 is 0. The number of methoxy groups -OCH3 is 1. The molecule has 1 aromatic rings. The predicted octanol–water partition coefficient (Wildman–Crippen LogP) is 2.96. The van der Waals surface area contributed by atoms with Gasteiger partial charge >= 0.3 is 0 Å². The minimum absolute atomic E-state index is 0.0659. The molecule has 4 heteroatoms. The molecule has 0 radical (unpaired) electrons. The van der Waals surface area contributed by atoms with Crippen LogP contribution < -0.4 is 9.47 Å². The van der Waals surface area contributed by atoms with E-state index in [0.29, 0.717) is 30.9 Å². The monoisotopic (exact) mass is 280 g/mol. The van der Waals surface area contributed by atoms with Crippen molar-refractivity contribution in [2.45, 2.75) is 40.2 Å². The largest absolute Gasteiger partial charge is 0.496 e. The van der Waals surface area contributed by atoms with E-state index in [1.165, 1.54) is 0 Å². The zero-order valence-electron chi connectivity index (χ0n) is 12.7.